The highest BCUT2D eigenvalue weighted by Gasteiger charge is 2.29. The number of ether oxygens (including phenoxy) is 2. The number of allylic oxidation sites excluding steroid dienone is 1. The Morgan fingerprint density at radius 2 is 2.00 bits per heavy atom. The van der Waals surface area contributed by atoms with Gasteiger partial charge in [0.2, 0.25) is 0 Å². The predicted molar refractivity (Wildman–Crippen MR) is 72.4 cm³/mol. The minimum Gasteiger partial charge on any atom is -0.492 e. The number of rotatable bonds is 5. The summed E-state index contributed by atoms with van der Waals surface area (Å²) in [5, 5.41) is 0. The van der Waals surface area contributed by atoms with Crippen LogP contribution in [0.2, 0.25) is 0 Å². The standard InChI is InChI=1S/C15H20O3/c1-5-8-12-9-6-7-10-13(12)18-11-15(2,3)14(16)17-4/h5-10H,11H2,1-4H3. The van der Waals surface area contributed by atoms with Crippen LogP contribution >= 0.6 is 0 Å². The number of esters is 1. The third kappa shape index (κ3) is 3.62. The largest absolute Gasteiger partial charge is 0.492 e. The molecule has 1 aromatic carbocycles. The average molecular weight is 248 g/mol. The SMILES string of the molecule is CC=Cc1ccccc1OCC(C)(C)C(=O)OC. The number of benzene rings is 1. The molecule has 0 radical (unpaired) electrons. The first-order chi connectivity index (χ1) is 8.51. The fourth-order valence-electron chi connectivity index (χ4n) is 1.52. The van der Waals surface area contributed by atoms with E-state index < -0.39 is 5.41 Å². The Balaban J connectivity index is 2.77. The summed E-state index contributed by atoms with van der Waals surface area (Å²) in [7, 11) is 1.39. The van der Waals surface area contributed by atoms with Crippen LogP contribution in [-0.2, 0) is 9.53 Å². The van der Waals surface area contributed by atoms with Crippen molar-refractivity contribution in [2.45, 2.75) is 20.8 Å². The molecule has 3 nitrogen and oxygen atoms in total. The minimum atomic E-state index is -0.655. The summed E-state index contributed by atoms with van der Waals surface area (Å²) >= 11 is 0. The number of hydrogen-bond donors (Lipinski definition) is 0. The van der Waals surface area contributed by atoms with Gasteiger partial charge in [0.25, 0.3) is 0 Å². The second-order valence-corrected chi connectivity index (χ2v) is 4.70. The van der Waals surface area contributed by atoms with Crippen molar-refractivity contribution in [2.75, 3.05) is 13.7 Å². The van der Waals surface area contributed by atoms with Gasteiger partial charge >= 0.3 is 5.97 Å². The van der Waals surface area contributed by atoms with Crippen LogP contribution in [0.4, 0.5) is 0 Å². The van der Waals surface area contributed by atoms with Crippen molar-refractivity contribution >= 4 is 12.0 Å². The zero-order valence-electron chi connectivity index (χ0n) is 11.4. The normalized spacial score (nSPS) is 11.6. The van der Waals surface area contributed by atoms with Crippen molar-refractivity contribution in [3.8, 4) is 5.75 Å². The van der Waals surface area contributed by atoms with E-state index in [1.54, 1.807) is 13.8 Å². The van der Waals surface area contributed by atoms with Crippen LogP contribution in [0.1, 0.15) is 26.3 Å². The van der Waals surface area contributed by atoms with Gasteiger partial charge in [0.1, 0.15) is 12.4 Å². The molecular weight excluding hydrogens is 228 g/mol. The first kappa shape index (κ1) is 14.3. The van der Waals surface area contributed by atoms with Crippen LogP contribution in [0.5, 0.6) is 5.75 Å². The summed E-state index contributed by atoms with van der Waals surface area (Å²) in [5.41, 5.74) is 0.346. The molecule has 1 aromatic rings. The van der Waals surface area contributed by atoms with E-state index in [0.29, 0.717) is 0 Å². The van der Waals surface area contributed by atoms with Gasteiger partial charge in [-0.2, -0.15) is 0 Å². The van der Waals surface area contributed by atoms with E-state index in [-0.39, 0.29) is 12.6 Å². The minimum absolute atomic E-state index is 0.272. The quantitative estimate of drug-likeness (QED) is 0.750. The molecule has 98 valence electrons. The van der Waals surface area contributed by atoms with E-state index >= 15 is 0 Å². The summed E-state index contributed by atoms with van der Waals surface area (Å²) in [6.07, 6.45) is 3.92. The van der Waals surface area contributed by atoms with Crippen LogP contribution < -0.4 is 4.74 Å². The maximum absolute atomic E-state index is 11.5. The topological polar surface area (TPSA) is 35.5 Å². The zero-order valence-corrected chi connectivity index (χ0v) is 11.4. The number of para-hydroxylation sites is 1. The van der Waals surface area contributed by atoms with Gasteiger partial charge in [-0.1, -0.05) is 30.4 Å². The van der Waals surface area contributed by atoms with Crippen molar-refractivity contribution < 1.29 is 14.3 Å². The van der Waals surface area contributed by atoms with E-state index in [1.807, 2.05) is 43.3 Å². The molecule has 0 aliphatic heterocycles. The Labute approximate surface area is 108 Å². The van der Waals surface area contributed by atoms with Crippen LogP contribution in [0.15, 0.2) is 30.3 Å². The van der Waals surface area contributed by atoms with Gasteiger partial charge in [-0.15, -0.1) is 0 Å². The van der Waals surface area contributed by atoms with Crippen molar-refractivity contribution in [1.82, 2.24) is 0 Å². The molecule has 0 unspecified atom stereocenters. The predicted octanol–water partition coefficient (Wildman–Crippen LogP) is 3.30. The van der Waals surface area contributed by atoms with Gasteiger partial charge in [-0.05, 0) is 26.8 Å². The van der Waals surface area contributed by atoms with Gasteiger partial charge in [-0.25, -0.2) is 0 Å². The second kappa shape index (κ2) is 6.24. The Bertz CT molecular complexity index is 433. The number of methoxy groups -OCH3 is 1. The Hall–Kier alpha value is -1.77. The number of carbonyl (C=O) groups excluding carboxylic acids is 1. The maximum Gasteiger partial charge on any atom is 0.314 e. The molecule has 3 heteroatoms. The molecule has 0 aromatic heterocycles. The first-order valence-corrected chi connectivity index (χ1v) is 5.94. The molecule has 0 saturated carbocycles. The Kier molecular flexibility index (Phi) is 4.95. The summed E-state index contributed by atoms with van der Waals surface area (Å²) in [4.78, 5) is 11.5. The van der Waals surface area contributed by atoms with Gasteiger partial charge < -0.3 is 9.47 Å². The maximum atomic E-state index is 11.5. The van der Waals surface area contributed by atoms with E-state index in [9.17, 15) is 4.79 Å². The van der Waals surface area contributed by atoms with Gasteiger partial charge in [0.15, 0.2) is 0 Å². The second-order valence-electron chi connectivity index (χ2n) is 4.70. The smallest absolute Gasteiger partial charge is 0.314 e. The highest BCUT2D eigenvalue weighted by Crippen LogP contribution is 2.24. The lowest BCUT2D eigenvalue weighted by molar-refractivity contribution is -0.152. The molecule has 0 heterocycles. The van der Waals surface area contributed by atoms with E-state index in [4.69, 9.17) is 9.47 Å². The summed E-state index contributed by atoms with van der Waals surface area (Å²) < 4.78 is 10.5. The van der Waals surface area contributed by atoms with Crippen LogP contribution in [0.25, 0.3) is 6.08 Å². The molecule has 0 fully saturated rings. The molecule has 0 N–H and O–H groups in total. The van der Waals surface area contributed by atoms with E-state index in [1.165, 1.54) is 7.11 Å². The van der Waals surface area contributed by atoms with Gasteiger partial charge in [0, 0.05) is 5.56 Å². The molecule has 0 atom stereocenters. The lowest BCUT2D eigenvalue weighted by Crippen LogP contribution is -2.32. The number of hydrogen-bond acceptors (Lipinski definition) is 3. The number of carbonyl (C=O) groups is 1. The monoisotopic (exact) mass is 248 g/mol. The van der Waals surface area contributed by atoms with Crippen molar-refractivity contribution in [2.24, 2.45) is 5.41 Å². The van der Waals surface area contributed by atoms with E-state index in [2.05, 4.69) is 0 Å². The van der Waals surface area contributed by atoms with Gasteiger partial charge in [0.05, 0.1) is 12.5 Å². The molecule has 1 rings (SSSR count). The van der Waals surface area contributed by atoms with Crippen molar-refractivity contribution in [3.63, 3.8) is 0 Å². The fraction of sp³-hybridized carbons (Fsp3) is 0.400. The molecule has 18 heavy (non-hydrogen) atoms. The fourth-order valence-corrected chi connectivity index (χ4v) is 1.52. The zero-order chi connectivity index (χ0) is 13.6. The Morgan fingerprint density at radius 3 is 2.61 bits per heavy atom. The van der Waals surface area contributed by atoms with Crippen LogP contribution in [-0.4, -0.2) is 19.7 Å². The third-order valence-electron chi connectivity index (χ3n) is 2.59. The van der Waals surface area contributed by atoms with Crippen molar-refractivity contribution in [3.05, 3.63) is 35.9 Å². The molecule has 0 aliphatic carbocycles. The molecule has 0 spiro atoms. The molecule has 0 aliphatic rings. The molecular formula is C15H20O3. The van der Waals surface area contributed by atoms with Crippen molar-refractivity contribution in [1.29, 1.82) is 0 Å². The Morgan fingerprint density at radius 1 is 1.33 bits per heavy atom. The summed E-state index contributed by atoms with van der Waals surface area (Å²) in [6.45, 7) is 5.84. The highest BCUT2D eigenvalue weighted by molar-refractivity contribution is 5.76. The highest BCUT2D eigenvalue weighted by atomic mass is 16.5. The molecule has 0 amide bonds. The lowest BCUT2D eigenvalue weighted by atomic mass is 9.95. The molecule has 0 saturated heterocycles. The van der Waals surface area contributed by atoms with Crippen LogP contribution in [0, 0.1) is 5.41 Å². The van der Waals surface area contributed by atoms with Crippen LogP contribution in [0.3, 0.4) is 0 Å². The average Bonchev–Trinajstić information content (AvgIpc) is 2.37. The van der Waals surface area contributed by atoms with E-state index in [0.717, 1.165) is 11.3 Å². The lowest BCUT2D eigenvalue weighted by Gasteiger charge is -2.22. The molecule has 0 bridgehead atoms. The third-order valence-corrected chi connectivity index (χ3v) is 2.59. The summed E-state index contributed by atoms with van der Waals surface area (Å²) in [6, 6.07) is 7.73. The van der Waals surface area contributed by atoms with Gasteiger partial charge in [-0.3, -0.25) is 4.79 Å². The first-order valence-electron chi connectivity index (χ1n) is 5.94. The summed E-state index contributed by atoms with van der Waals surface area (Å²) in [5.74, 6) is 0.499.